The number of amides is 1. The molecule has 0 fully saturated rings. The van der Waals surface area contributed by atoms with Crippen LogP contribution in [0.1, 0.15) is 18.5 Å². The van der Waals surface area contributed by atoms with E-state index in [2.05, 4.69) is 44.1 Å². The number of nitrogens with one attached hydrogen (secondary N) is 1. The smallest absolute Gasteiger partial charge is 0.243 e. The van der Waals surface area contributed by atoms with Crippen LogP contribution in [0.2, 0.25) is 0 Å². The van der Waals surface area contributed by atoms with Crippen LogP contribution in [-0.2, 0) is 11.3 Å². The predicted octanol–water partition coefficient (Wildman–Crippen LogP) is 3.71. The Morgan fingerprint density at radius 1 is 1.26 bits per heavy atom. The SMILES string of the molecule is C=CC(=O)N[C@@H]1CCn2c(c(-c3cnc4ccccc4c3)c3c(N)ncnc32)C(=C)C1. The first-order chi connectivity index (χ1) is 15.1. The maximum absolute atomic E-state index is 11.9. The van der Waals surface area contributed by atoms with E-state index < -0.39 is 0 Å². The maximum Gasteiger partial charge on any atom is 0.243 e. The minimum absolute atomic E-state index is 0.0327. The number of benzene rings is 1. The van der Waals surface area contributed by atoms with Gasteiger partial charge in [0.05, 0.1) is 16.6 Å². The molecular weight excluding hydrogens is 388 g/mol. The van der Waals surface area contributed by atoms with Gasteiger partial charge in [-0.15, -0.1) is 0 Å². The first kappa shape index (κ1) is 19.0. The summed E-state index contributed by atoms with van der Waals surface area (Å²) in [5, 5.41) is 4.86. The van der Waals surface area contributed by atoms with Crippen molar-refractivity contribution in [2.24, 2.45) is 0 Å². The first-order valence-corrected chi connectivity index (χ1v) is 10.2. The second-order valence-electron chi connectivity index (χ2n) is 7.76. The van der Waals surface area contributed by atoms with Crippen molar-refractivity contribution in [2.75, 3.05) is 5.73 Å². The molecule has 0 unspecified atom stereocenters. The zero-order valence-corrected chi connectivity index (χ0v) is 17.0. The number of carbonyl (C=O) groups excluding carboxylic acids is 1. The average molecular weight is 410 g/mol. The van der Waals surface area contributed by atoms with E-state index >= 15 is 0 Å². The summed E-state index contributed by atoms with van der Waals surface area (Å²) in [6, 6.07) is 10.1. The van der Waals surface area contributed by atoms with Crippen LogP contribution < -0.4 is 11.1 Å². The van der Waals surface area contributed by atoms with Crippen molar-refractivity contribution < 1.29 is 4.79 Å². The summed E-state index contributed by atoms with van der Waals surface area (Å²) in [6.45, 7) is 8.59. The number of aryl methyl sites for hydroxylation is 1. The van der Waals surface area contributed by atoms with Crippen molar-refractivity contribution in [3.63, 3.8) is 0 Å². The molecule has 154 valence electrons. The summed E-state index contributed by atoms with van der Waals surface area (Å²) in [7, 11) is 0. The van der Waals surface area contributed by atoms with E-state index in [1.54, 1.807) is 0 Å². The van der Waals surface area contributed by atoms with Crippen molar-refractivity contribution in [1.29, 1.82) is 0 Å². The number of rotatable bonds is 3. The van der Waals surface area contributed by atoms with Crippen molar-refractivity contribution in [3.8, 4) is 11.1 Å². The van der Waals surface area contributed by atoms with E-state index in [-0.39, 0.29) is 11.9 Å². The van der Waals surface area contributed by atoms with Gasteiger partial charge in [0.2, 0.25) is 5.91 Å². The Hall–Kier alpha value is -4.00. The van der Waals surface area contributed by atoms with Gasteiger partial charge in [-0.05, 0) is 36.6 Å². The molecule has 4 aromatic rings. The van der Waals surface area contributed by atoms with E-state index in [1.165, 1.54) is 12.4 Å². The molecule has 0 saturated heterocycles. The number of nitrogens with zero attached hydrogens (tertiary/aromatic N) is 4. The van der Waals surface area contributed by atoms with Gasteiger partial charge in [0.15, 0.2) is 0 Å². The van der Waals surface area contributed by atoms with Crippen LogP contribution >= 0.6 is 0 Å². The predicted molar refractivity (Wildman–Crippen MR) is 123 cm³/mol. The topological polar surface area (TPSA) is 98.7 Å². The standard InChI is InChI=1S/C24H22N6O/c1-3-19(31)29-17-8-9-30-22(14(2)10-17)20(21-23(25)27-13-28-24(21)30)16-11-15-6-4-5-7-18(15)26-12-16/h3-7,11-13,17H,1-2,8-10H2,(H,29,31)(H2,25,27,28)/t17-/m1/s1. The zero-order chi connectivity index (χ0) is 21.5. The van der Waals surface area contributed by atoms with E-state index in [9.17, 15) is 4.79 Å². The van der Waals surface area contributed by atoms with Crippen LogP contribution in [0, 0.1) is 0 Å². The van der Waals surface area contributed by atoms with E-state index in [0.29, 0.717) is 18.8 Å². The van der Waals surface area contributed by atoms with Gasteiger partial charge in [-0.1, -0.05) is 31.4 Å². The summed E-state index contributed by atoms with van der Waals surface area (Å²) >= 11 is 0. The molecular formula is C24H22N6O. The van der Waals surface area contributed by atoms with Crippen molar-refractivity contribution in [1.82, 2.24) is 24.8 Å². The number of hydrogen-bond acceptors (Lipinski definition) is 5. The van der Waals surface area contributed by atoms with Gasteiger partial charge in [-0.2, -0.15) is 0 Å². The Bertz CT molecular complexity index is 1370. The molecule has 1 aromatic carbocycles. The molecule has 0 bridgehead atoms. The Balaban J connectivity index is 1.72. The summed E-state index contributed by atoms with van der Waals surface area (Å²) in [5.41, 5.74) is 11.8. The third-order valence-electron chi connectivity index (χ3n) is 5.81. The zero-order valence-electron chi connectivity index (χ0n) is 17.0. The van der Waals surface area contributed by atoms with Crippen LogP contribution in [-0.4, -0.2) is 31.5 Å². The fourth-order valence-corrected chi connectivity index (χ4v) is 4.43. The maximum atomic E-state index is 11.9. The van der Waals surface area contributed by atoms with Crippen LogP contribution in [0.25, 0.3) is 38.6 Å². The quantitative estimate of drug-likeness (QED) is 0.502. The number of aromatic nitrogens is 4. The van der Waals surface area contributed by atoms with Gasteiger partial charge in [-0.25, -0.2) is 9.97 Å². The Labute approximate surface area is 179 Å². The fourth-order valence-electron chi connectivity index (χ4n) is 4.43. The van der Waals surface area contributed by atoms with E-state index in [4.69, 9.17) is 5.73 Å². The van der Waals surface area contributed by atoms with Gasteiger partial charge in [0.25, 0.3) is 0 Å². The highest BCUT2D eigenvalue weighted by Gasteiger charge is 2.28. The minimum Gasteiger partial charge on any atom is -0.383 e. The van der Waals surface area contributed by atoms with E-state index in [0.717, 1.165) is 50.8 Å². The van der Waals surface area contributed by atoms with Crippen molar-refractivity contribution in [2.45, 2.75) is 25.4 Å². The minimum atomic E-state index is -0.181. The lowest BCUT2D eigenvalue weighted by Crippen LogP contribution is -2.33. The van der Waals surface area contributed by atoms with Crippen LogP contribution in [0.3, 0.4) is 0 Å². The summed E-state index contributed by atoms with van der Waals surface area (Å²) < 4.78 is 2.14. The first-order valence-electron chi connectivity index (χ1n) is 10.2. The summed E-state index contributed by atoms with van der Waals surface area (Å²) in [6.07, 6.45) is 6.01. The molecule has 1 amide bonds. The number of anilines is 1. The van der Waals surface area contributed by atoms with Crippen molar-refractivity contribution >= 4 is 39.2 Å². The lowest BCUT2D eigenvalue weighted by Gasteiger charge is -2.16. The normalized spacial score (nSPS) is 16.1. The Morgan fingerprint density at radius 2 is 2.10 bits per heavy atom. The average Bonchev–Trinajstić information content (AvgIpc) is 3.04. The molecule has 4 heterocycles. The van der Waals surface area contributed by atoms with Gasteiger partial charge >= 0.3 is 0 Å². The molecule has 0 spiro atoms. The molecule has 1 atom stereocenters. The molecule has 0 saturated carbocycles. The Morgan fingerprint density at radius 3 is 2.94 bits per heavy atom. The molecule has 31 heavy (non-hydrogen) atoms. The van der Waals surface area contributed by atoms with Crippen LogP contribution in [0.5, 0.6) is 0 Å². The van der Waals surface area contributed by atoms with Crippen LogP contribution in [0.4, 0.5) is 5.82 Å². The molecule has 1 aliphatic heterocycles. The summed E-state index contributed by atoms with van der Waals surface area (Å²) in [4.78, 5) is 25.3. The molecule has 3 N–H and O–H groups in total. The third kappa shape index (κ3) is 3.15. The molecule has 7 heteroatoms. The second-order valence-corrected chi connectivity index (χ2v) is 7.76. The van der Waals surface area contributed by atoms with E-state index in [1.807, 2.05) is 30.5 Å². The highest BCUT2D eigenvalue weighted by atomic mass is 16.1. The number of nitrogens with two attached hydrogens (primary N) is 1. The number of nitrogen functional groups attached to an aromatic ring is 1. The lowest BCUT2D eigenvalue weighted by molar-refractivity contribution is -0.117. The van der Waals surface area contributed by atoms with Gasteiger partial charge < -0.3 is 15.6 Å². The van der Waals surface area contributed by atoms with Crippen molar-refractivity contribution in [3.05, 3.63) is 67.8 Å². The monoisotopic (exact) mass is 410 g/mol. The lowest BCUT2D eigenvalue weighted by atomic mass is 9.96. The van der Waals surface area contributed by atoms with Gasteiger partial charge in [0, 0.05) is 35.3 Å². The number of para-hydroxylation sites is 1. The number of pyridine rings is 1. The van der Waals surface area contributed by atoms with Gasteiger partial charge in [-0.3, -0.25) is 9.78 Å². The molecule has 0 aliphatic carbocycles. The summed E-state index contributed by atoms with van der Waals surface area (Å²) in [5.74, 6) is 0.248. The third-order valence-corrected chi connectivity index (χ3v) is 5.81. The highest BCUT2D eigenvalue weighted by molar-refractivity contribution is 6.06. The molecule has 1 aliphatic rings. The number of fused-ring (bicyclic) bond motifs is 4. The highest BCUT2D eigenvalue weighted by Crippen LogP contribution is 2.42. The second kappa shape index (κ2) is 7.36. The largest absolute Gasteiger partial charge is 0.383 e. The Kier molecular flexibility index (Phi) is 4.51. The number of hydrogen-bond donors (Lipinski definition) is 2. The van der Waals surface area contributed by atoms with Gasteiger partial charge in [0.1, 0.15) is 17.8 Å². The fraction of sp³-hybridized carbons (Fsp3) is 0.167. The molecule has 7 nitrogen and oxygen atoms in total. The molecule has 0 radical (unpaired) electrons. The number of carbonyl (C=O) groups is 1. The molecule has 3 aromatic heterocycles. The van der Waals surface area contributed by atoms with Crippen LogP contribution in [0.15, 0.2) is 62.1 Å². The molecule has 5 rings (SSSR count).